The Kier molecular flexibility index (Phi) is 6.05. The van der Waals surface area contributed by atoms with E-state index in [-0.39, 0.29) is 17.5 Å². The summed E-state index contributed by atoms with van der Waals surface area (Å²) in [5, 5.41) is 3.20. The van der Waals surface area contributed by atoms with E-state index >= 15 is 0 Å². The summed E-state index contributed by atoms with van der Waals surface area (Å²) in [6, 6.07) is 20.7. The molecule has 4 rings (SSSR count). The number of rotatable bonds is 6. The predicted molar refractivity (Wildman–Crippen MR) is 132 cm³/mol. The molecule has 0 atom stereocenters. The number of benzene rings is 3. The van der Waals surface area contributed by atoms with Crippen LogP contribution in [-0.4, -0.2) is 18.9 Å². The molecular formula is C28H28N2O3. The average molecular weight is 441 g/mol. The van der Waals surface area contributed by atoms with Crippen LogP contribution in [0.1, 0.15) is 42.0 Å². The Morgan fingerprint density at radius 2 is 1.48 bits per heavy atom. The molecule has 168 valence electrons. The van der Waals surface area contributed by atoms with Crippen molar-refractivity contribution in [3.05, 3.63) is 94.7 Å². The highest BCUT2D eigenvalue weighted by atomic mass is 16.5. The number of anilines is 2. The number of aryl methyl sites for hydroxylation is 2. The van der Waals surface area contributed by atoms with E-state index in [1.54, 1.807) is 7.11 Å². The molecule has 2 amide bonds. The lowest BCUT2D eigenvalue weighted by Gasteiger charge is -2.16. The number of imide groups is 1. The van der Waals surface area contributed by atoms with Crippen LogP contribution in [0, 0.1) is 13.8 Å². The average Bonchev–Trinajstić information content (AvgIpc) is 3.05. The first kappa shape index (κ1) is 22.3. The van der Waals surface area contributed by atoms with Crippen molar-refractivity contribution >= 4 is 28.8 Å². The minimum absolute atomic E-state index is 0.265. The van der Waals surface area contributed by atoms with Crippen LogP contribution in [0.5, 0.6) is 5.75 Å². The van der Waals surface area contributed by atoms with E-state index < -0.39 is 0 Å². The first-order valence-electron chi connectivity index (χ1n) is 11.0. The van der Waals surface area contributed by atoms with E-state index in [9.17, 15) is 9.59 Å². The van der Waals surface area contributed by atoms with Crippen LogP contribution in [-0.2, 0) is 9.59 Å². The van der Waals surface area contributed by atoms with Gasteiger partial charge in [-0.3, -0.25) is 9.59 Å². The van der Waals surface area contributed by atoms with Gasteiger partial charge in [0.1, 0.15) is 11.4 Å². The zero-order valence-corrected chi connectivity index (χ0v) is 19.6. The Bertz CT molecular complexity index is 1240. The topological polar surface area (TPSA) is 58.6 Å². The third-order valence-electron chi connectivity index (χ3n) is 6.06. The largest absolute Gasteiger partial charge is 0.497 e. The van der Waals surface area contributed by atoms with E-state index in [0.717, 1.165) is 16.7 Å². The lowest BCUT2D eigenvalue weighted by atomic mass is 9.99. The fourth-order valence-corrected chi connectivity index (χ4v) is 3.87. The van der Waals surface area contributed by atoms with Gasteiger partial charge in [0.2, 0.25) is 0 Å². The van der Waals surface area contributed by atoms with Gasteiger partial charge in [0.05, 0.1) is 18.4 Å². The molecule has 0 saturated heterocycles. The fourth-order valence-electron chi connectivity index (χ4n) is 3.87. The summed E-state index contributed by atoms with van der Waals surface area (Å²) in [6.45, 7) is 8.24. The molecule has 1 N–H and O–H groups in total. The first-order chi connectivity index (χ1) is 15.8. The number of amides is 2. The van der Waals surface area contributed by atoms with Gasteiger partial charge in [0.15, 0.2) is 0 Å². The van der Waals surface area contributed by atoms with Crippen molar-refractivity contribution in [2.75, 3.05) is 17.3 Å². The Hall–Kier alpha value is -3.86. The molecule has 5 nitrogen and oxygen atoms in total. The van der Waals surface area contributed by atoms with E-state index in [1.165, 1.54) is 4.90 Å². The van der Waals surface area contributed by atoms with Crippen LogP contribution >= 0.6 is 0 Å². The van der Waals surface area contributed by atoms with Gasteiger partial charge in [-0.05, 0) is 78.4 Å². The molecule has 0 saturated carbocycles. The van der Waals surface area contributed by atoms with Crippen molar-refractivity contribution in [1.29, 1.82) is 0 Å². The first-order valence-corrected chi connectivity index (χ1v) is 11.0. The van der Waals surface area contributed by atoms with E-state index in [0.29, 0.717) is 34.2 Å². The number of nitrogens with zero attached hydrogens (tertiary/aromatic N) is 1. The lowest BCUT2D eigenvalue weighted by molar-refractivity contribution is -0.120. The third kappa shape index (κ3) is 4.27. The van der Waals surface area contributed by atoms with Crippen LogP contribution in [0.15, 0.2) is 72.4 Å². The SMILES string of the molecule is COc1ccc(NC2=C(c3ccc(C)c(C)c3)C(=O)N(c3ccc(C(C)C)cc3)C2=O)cc1. The molecule has 0 fully saturated rings. The highest BCUT2D eigenvalue weighted by Crippen LogP contribution is 2.35. The lowest BCUT2D eigenvalue weighted by Crippen LogP contribution is -2.32. The molecule has 0 bridgehead atoms. The van der Waals surface area contributed by atoms with Gasteiger partial charge in [-0.1, -0.05) is 44.2 Å². The highest BCUT2D eigenvalue weighted by molar-refractivity contribution is 6.46. The van der Waals surface area contributed by atoms with Gasteiger partial charge in [0.25, 0.3) is 11.8 Å². The molecule has 0 aromatic heterocycles. The van der Waals surface area contributed by atoms with Gasteiger partial charge in [0, 0.05) is 5.69 Å². The molecule has 1 aliphatic rings. The number of ether oxygens (including phenoxy) is 1. The number of hydrogen-bond donors (Lipinski definition) is 1. The summed E-state index contributed by atoms with van der Waals surface area (Å²) in [7, 11) is 1.60. The van der Waals surface area contributed by atoms with E-state index in [1.807, 2.05) is 80.6 Å². The Labute approximate surface area is 194 Å². The molecular weight excluding hydrogens is 412 g/mol. The molecule has 1 heterocycles. The van der Waals surface area contributed by atoms with Crippen LogP contribution in [0.2, 0.25) is 0 Å². The van der Waals surface area contributed by atoms with E-state index in [2.05, 4.69) is 19.2 Å². The van der Waals surface area contributed by atoms with Crippen molar-refractivity contribution in [1.82, 2.24) is 0 Å². The number of hydrogen-bond acceptors (Lipinski definition) is 4. The summed E-state index contributed by atoms with van der Waals surface area (Å²) in [5.74, 6) is 0.364. The number of carbonyl (C=O) groups is 2. The zero-order chi connectivity index (χ0) is 23.7. The molecule has 1 aliphatic heterocycles. The van der Waals surface area contributed by atoms with Gasteiger partial charge >= 0.3 is 0 Å². The maximum absolute atomic E-state index is 13.6. The number of nitrogens with one attached hydrogen (secondary N) is 1. The summed E-state index contributed by atoms with van der Waals surface area (Å²) < 4.78 is 5.22. The fraction of sp³-hybridized carbons (Fsp3) is 0.214. The second kappa shape index (κ2) is 8.94. The van der Waals surface area contributed by atoms with E-state index in [4.69, 9.17) is 4.74 Å². The van der Waals surface area contributed by atoms with Gasteiger partial charge in [-0.25, -0.2) is 4.90 Å². The Morgan fingerprint density at radius 3 is 2.06 bits per heavy atom. The summed E-state index contributed by atoms with van der Waals surface area (Å²) in [6.07, 6.45) is 0. The molecule has 0 spiro atoms. The normalized spacial score (nSPS) is 13.8. The minimum Gasteiger partial charge on any atom is -0.497 e. The zero-order valence-electron chi connectivity index (χ0n) is 19.6. The Morgan fingerprint density at radius 1 is 0.818 bits per heavy atom. The van der Waals surface area contributed by atoms with Crippen LogP contribution in [0.3, 0.4) is 0 Å². The standard InChI is InChI=1S/C28H28N2O3/c1-17(2)20-8-12-23(13-9-20)30-27(31)25(21-7-6-18(3)19(4)16-21)26(28(30)32)29-22-10-14-24(33-5)15-11-22/h6-17,29H,1-5H3. The van der Waals surface area contributed by atoms with Crippen molar-refractivity contribution in [2.45, 2.75) is 33.6 Å². The van der Waals surface area contributed by atoms with Crippen molar-refractivity contribution < 1.29 is 14.3 Å². The molecule has 0 radical (unpaired) electrons. The van der Waals surface area contributed by atoms with Crippen LogP contribution < -0.4 is 15.0 Å². The maximum atomic E-state index is 13.6. The molecule has 0 aliphatic carbocycles. The third-order valence-corrected chi connectivity index (χ3v) is 6.06. The van der Waals surface area contributed by atoms with Crippen molar-refractivity contribution in [3.8, 4) is 5.75 Å². The van der Waals surface area contributed by atoms with Gasteiger partial charge < -0.3 is 10.1 Å². The van der Waals surface area contributed by atoms with Gasteiger partial charge in [-0.2, -0.15) is 0 Å². The van der Waals surface area contributed by atoms with Gasteiger partial charge in [-0.15, -0.1) is 0 Å². The molecule has 33 heavy (non-hydrogen) atoms. The maximum Gasteiger partial charge on any atom is 0.282 e. The molecule has 3 aromatic carbocycles. The second-order valence-electron chi connectivity index (χ2n) is 8.59. The summed E-state index contributed by atoms with van der Waals surface area (Å²) in [5.41, 5.74) is 5.94. The number of carbonyl (C=O) groups excluding carboxylic acids is 2. The Balaban J connectivity index is 1.78. The van der Waals surface area contributed by atoms with Crippen molar-refractivity contribution in [3.63, 3.8) is 0 Å². The van der Waals surface area contributed by atoms with Crippen LogP contribution in [0.25, 0.3) is 5.57 Å². The number of methoxy groups -OCH3 is 1. The van der Waals surface area contributed by atoms with Crippen molar-refractivity contribution in [2.24, 2.45) is 0 Å². The molecule has 3 aromatic rings. The minimum atomic E-state index is -0.374. The smallest absolute Gasteiger partial charge is 0.282 e. The highest BCUT2D eigenvalue weighted by Gasteiger charge is 2.40. The predicted octanol–water partition coefficient (Wildman–Crippen LogP) is 5.83. The molecule has 0 unspecified atom stereocenters. The molecule has 5 heteroatoms. The summed E-state index contributed by atoms with van der Waals surface area (Å²) in [4.78, 5) is 28.4. The van der Waals surface area contributed by atoms with Crippen LogP contribution in [0.4, 0.5) is 11.4 Å². The quantitative estimate of drug-likeness (QED) is 0.490. The summed E-state index contributed by atoms with van der Waals surface area (Å²) >= 11 is 0. The monoisotopic (exact) mass is 440 g/mol. The second-order valence-corrected chi connectivity index (χ2v) is 8.59.